The number of carboxylic acid groups (broad SMARTS) is 1. The van der Waals surface area contributed by atoms with Crippen molar-refractivity contribution in [2.45, 2.75) is 200 Å². The van der Waals surface area contributed by atoms with Crippen molar-refractivity contribution in [1.29, 1.82) is 0 Å². The quantitative estimate of drug-likeness (QED) is 0.0596. The second-order valence-corrected chi connectivity index (χ2v) is 12.9. The fourth-order valence-corrected chi connectivity index (χ4v) is 5.43. The summed E-state index contributed by atoms with van der Waals surface area (Å²) in [6, 6.07) is -0.879. The van der Waals surface area contributed by atoms with Gasteiger partial charge in [-0.1, -0.05) is 162 Å². The Morgan fingerprint density at radius 3 is 1.45 bits per heavy atom. The molecule has 0 aliphatic heterocycles. The molecule has 1 amide bonds. The topological polar surface area (TPSA) is 92.7 Å². The Bertz CT molecular complexity index is 636. The van der Waals surface area contributed by atoms with Gasteiger partial charge in [-0.3, -0.25) is 9.59 Å². The van der Waals surface area contributed by atoms with Crippen LogP contribution in [0.4, 0.5) is 0 Å². The van der Waals surface area contributed by atoms with Crippen molar-refractivity contribution in [1.82, 2.24) is 5.32 Å². The Balaban J connectivity index is 3.86. The third-order valence-electron chi connectivity index (χ3n) is 8.19. The lowest BCUT2D eigenvalue weighted by molar-refractivity contribution is -0.148. The van der Waals surface area contributed by atoms with Crippen LogP contribution in [-0.4, -0.2) is 35.6 Å². The molecule has 1 atom stereocenters. The first-order valence-corrected chi connectivity index (χ1v) is 18.0. The van der Waals surface area contributed by atoms with E-state index < -0.39 is 18.0 Å². The highest BCUT2D eigenvalue weighted by atomic mass is 16.5. The number of hydrogen-bond donors (Lipinski definition) is 2. The van der Waals surface area contributed by atoms with Gasteiger partial charge in [-0.15, -0.1) is 0 Å². The number of unbranched alkanes of at least 4 members (excludes halogenated alkanes) is 21. The fourth-order valence-electron chi connectivity index (χ4n) is 5.43. The minimum Gasteiger partial charge on any atom is -0.481 e. The third kappa shape index (κ3) is 29.9. The maximum atomic E-state index is 12.6. The molecule has 0 radical (unpaired) electrons. The van der Waals surface area contributed by atoms with Crippen LogP contribution in [0.15, 0.2) is 0 Å². The van der Waals surface area contributed by atoms with Crippen LogP contribution in [0.25, 0.3) is 0 Å². The molecule has 0 saturated heterocycles. The molecule has 0 aliphatic carbocycles. The van der Waals surface area contributed by atoms with Gasteiger partial charge in [0.1, 0.15) is 6.04 Å². The molecule has 0 aromatic carbocycles. The van der Waals surface area contributed by atoms with Crippen LogP contribution in [-0.2, 0) is 19.1 Å². The zero-order valence-electron chi connectivity index (χ0n) is 28.0. The third-order valence-corrected chi connectivity index (χ3v) is 8.19. The highest BCUT2D eigenvalue weighted by molar-refractivity contribution is 5.84. The number of hydrogen-bond acceptors (Lipinski definition) is 4. The number of amides is 1. The number of nitrogens with one attached hydrogen (secondary N) is 1. The van der Waals surface area contributed by atoms with Gasteiger partial charge in [0.05, 0.1) is 6.61 Å². The van der Waals surface area contributed by atoms with Crippen LogP contribution in [0, 0.1) is 5.92 Å². The smallest absolute Gasteiger partial charge is 0.328 e. The molecule has 0 fully saturated rings. The summed E-state index contributed by atoms with van der Waals surface area (Å²) in [5.41, 5.74) is 0. The average molecular weight is 596 g/mol. The molecule has 42 heavy (non-hydrogen) atoms. The van der Waals surface area contributed by atoms with Crippen LogP contribution < -0.4 is 5.32 Å². The normalized spacial score (nSPS) is 12.0. The summed E-state index contributed by atoms with van der Waals surface area (Å²) in [5, 5.41) is 11.8. The summed E-state index contributed by atoms with van der Waals surface area (Å²) >= 11 is 0. The first kappa shape index (κ1) is 40.4. The van der Waals surface area contributed by atoms with E-state index in [-0.39, 0.29) is 18.7 Å². The first-order chi connectivity index (χ1) is 20.4. The number of aliphatic carboxylic acids is 1. The molecule has 0 unspecified atom stereocenters. The predicted molar refractivity (Wildman–Crippen MR) is 176 cm³/mol. The second-order valence-electron chi connectivity index (χ2n) is 12.9. The largest absolute Gasteiger partial charge is 0.481 e. The van der Waals surface area contributed by atoms with Crippen molar-refractivity contribution >= 4 is 17.8 Å². The van der Waals surface area contributed by atoms with Crippen LogP contribution in [0.5, 0.6) is 0 Å². The van der Waals surface area contributed by atoms with Crippen LogP contribution >= 0.6 is 0 Å². The van der Waals surface area contributed by atoms with Gasteiger partial charge in [-0.05, 0) is 25.2 Å². The van der Waals surface area contributed by atoms with Crippen LogP contribution in [0.1, 0.15) is 194 Å². The van der Waals surface area contributed by atoms with E-state index in [9.17, 15) is 14.4 Å². The lowest BCUT2D eigenvalue weighted by Gasteiger charge is -2.17. The number of esters is 1. The Labute approximate surface area is 259 Å². The van der Waals surface area contributed by atoms with Gasteiger partial charge in [0.15, 0.2) is 0 Å². The number of rotatable bonds is 32. The van der Waals surface area contributed by atoms with Crippen molar-refractivity contribution in [2.75, 3.05) is 6.61 Å². The second kappa shape index (κ2) is 30.9. The van der Waals surface area contributed by atoms with E-state index in [1.807, 2.05) is 0 Å². The zero-order chi connectivity index (χ0) is 31.1. The SMILES string of the molecule is CCCCCCCCCCCCCCCCCC(=O)N[C@@H](CCC(=O)O)C(=O)OCCCCCCCCCCC(C)C. The molecule has 0 rings (SSSR count). The summed E-state index contributed by atoms with van der Waals surface area (Å²) in [5.74, 6) is -0.881. The predicted octanol–water partition coefficient (Wildman–Crippen LogP) is 10.3. The van der Waals surface area contributed by atoms with E-state index in [0.717, 1.165) is 44.4 Å². The molecular weight excluding hydrogens is 526 g/mol. The van der Waals surface area contributed by atoms with Crippen molar-refractivity contribution in [2.24, 2.45) is 5.92 Å². The molecule has 0 saturated carbocycles. The fraction of sp³-hybridized carbons (Fsp3) is 0.917. The van der Waals surface area contributed by atoms with Gasteiger partial charge in [-0.25, -0.2) is 4.79 Å². The van der Waals surface area contributed by atoms with Crippen LogP contribution in [0.3, 0.4) is 0 Å². The minimum atomic E-state index is -0.978. The van der Waals surface area contributed by atoms with Gasteiger partial charge >= 0.3 is 11.9 Å². The van der Waals surface area contributed by atoms with Gasteiger partial charge in [0, 0.05) is 12.8 Å². The van der Waals surface area contributed by atoms with E-state index in [1.165, 1.54) is 116 Å². The molecule has 0 heterocycles. The van der Waals surface area contributed by atoms with E-state index >= 15 is 0 Å². The maximum absolute atomic E-state index is 12.6. The van der Waals surface area contributed by atoms with E-state index in [1.54, 1.807) is 0 Å². The maximum Gasteiger partial charge on any atom is 0.328 e. The van der Waals surface area contributed by atoms with E-state index in [0.29, 0.717) is 13.0 Å². The first-order valence-electron chi connectivity index (χ1n) is 18.0. The molecule has 0 spiro atoms. The van der Waals surface area contributed by atoms with Crippen molar-refractivity contribution < 1.29 is 24.2 Å². The monoisotopic (exact) mass is 596 g/mol. The summed E-state index contributed by atoms with van der Waals surface area (Å²) in [6.45, 7) is 7.14. The van der Waals surface area contributed by atoms with Crippen molar-refractivity contribution in [3.05, 3.63) is 0 Å². The summed E-state index contributed by atoms with van der Waals surface area (Å²) in [4.78, 5) is 36.1. The number of carbonyl (C=O) groups excluding carboxylic acids is 2. The Morgan fingerprint density at radius 1 is 0.571 bits per heavy atom. The molecule has 2 N–H and O–H groups in total. The summed E-state index contributed by atoms with van der Waals surface area (Å²) < 4.78 is 5.40. The van der Waals surface area contributed by atoms with E-state index in [2.05, 4.69) is 26.1 Å². The number of carboxylic acids is 1. The Kier molecular flexibility index (Phi) is 29.7. The summed E-state index contributed by atoms with van der Waals surface area (Å²) in [6.07, 6.45) is 30.0. The van der Waals surface area contributed by atoms with Gasteiger partial charge in [0.25, 0.3) is 0 Å². The van der Waals surface area contributed by atoms with Gasteiger partial charge < -0.3 is 15.2 Å². The molecule has 0 aromatic heterocycles. The highest BCUT2D eigenvalue weighted by Crippen LogP contribution is 2.15. The van der Waals surface area contributed by atoms with Crippen molar-refractivity contribution in [3.8, 4) is 0 Å². The molecular formula is C36H69NO5. The minimum absolute atomic E-state index is 0.0651. The standard InChI is InChI=1S/C36H69NO5/c1-4-5-6-7-8-9-10-11-12-13-14-15-19-22-25-28-34(38)37-33(29-30-35(39)40)36(41)42-31-26-23-20-17-16-18-21-24-27-32(2)3/h32-33H,4-31H2,1-3H3,(H,37,38)(H,39,40)/t33-/m0/s1. The van der Waals surface area contributed by atoms with Gasteiger partial charge in [0.2, 0.25) is 5.91 Å². The molecule has 0 bridgehead atoms. The van der Waals surface area contributed by atoms with Crippen molar-refractivity contribution in [3.63, 3.8) is 0 Å². The Hall–Kier alpha value is -1.59. The summed E-state index contributed by atoms with van der Waals surface area (Å²) in [7, 11) is 0. The molecule has 6 heteroatoms. The molecule has 0 aliphatic rings. The number of ether oxygens (including phenoxy) is 1. The number of carbonyl (C=O) groups is 3. The molecule has 0 aromatic rings. The lowest BCUT2D eigenvalue weighted by Crippen LogP contribution is -2.42. The highest BCUT2D eigenvalue weighted by Gasteiger charge is 2.23. The lowest BCUT2D eigenvalue weighted by atomic mass is 10.0. The van der Waals surface area contributed by atoms with E-state index in [4.69, 9.17) is 9.84 Å². The molecule has 6 nitrogen and oxygen atoms in total. The van der Waals surface area contributed by atoms with Crippen LogP contribution in [0.2, 0.25) is 0 Å². The zero-order valence-corrected chi connectivity index (χ0v) is 28.0. The van der Waals surface area contributed by atoms with Gasteiger partial charge in [-0.2, -0.15) is 0 Å². The average Bonchev–Trinajstić information content (AvgIpc) is 2.95. The Morgan fingerprint density at radius 2 is 1.00 bits per heavy atom. The molecule has 248 valence electrons.